The molecule has 1 amide bonds. The lowest BCUT2D eigenvalue weighted by atomic mass is 10.0. The molecular weight excluding hydrogens is 242 g/mol. The predicted molar refractivity (Wildman–Crippen MR) is 72.7 cm³/mol. The highest BCUT2D eigenvalue weighted by atomic mass is 16.5. The number of hydrogen-bond acceptors (Lipinski definition) is 3. The molecule has 0 radical (unpaired) electrons. The van der Waals surface area contributed by atoms with E-state index in [1.807, 2.05) is 37.3 Å². The first-order chi connectivity index (χ1) is 9.20. The third kappa shape index (κ3) is 3.78. The summed E-state index contributed by atoms with van der Waals surface area (Å²) in [6.45, 7) is 2.59. The van der Waals surface area contributed by atoms with Gasteiger partial charge in [-0.25, -0.2) is 0 Å². The second kappa shape index (κ2) is 6.68. The number of aliphatic hydroxyl groups excluding tert-OH is 1. The van der Waals surface area contributed by atoms with Crippen LogP contribution in [0.4, 0.5) is 0 Å². The minimum atomic E-state index is -0.371. The number of carbonyl (C=O) groups excluding carboxylic acids is 1. The summed E-state index contributed by atoms with van der Waals surface area (Å²) in [7, 11) is 0. The summed E-state index contributed by atoms with van der Waals surface area (Å²) in [5.41, 5.74) is 1.10. The lowest BCUT2D eigenvalue weighted by molar-refractivity contribution is -0.132. The standard InChI is InChI=1S/C15H21NO3/c1-11-7-8-19-14(11)15(18)16-13(10-17)9-12-5-3-2-4-6-12/h2-6,11,13-14,17H,7-10H2,1H3,(H,16,18)/t11?,13-,14?/m1/s1. The fraction of sp³-hybridized carbons (Fsp3) is 0.533. The lowest BCUT2D eigenvalue weighted by Gasteiger charge is -2.20. The van der Waals surface area contributed by atoms with Gasteiger partial charge in [0.15, 0.2) is 0 Å². The molecule has 2 N–H and O–H groups in total. The Morgan fingerprint density at radius 1 is 1.47 bits per heavy atom. The molecule has 1 aliphatic heterocycles. The van der Waals surface area contributed by atoms with Gasteiger partial charge < -0.3 is 15.2 Å². The largest absolute Gasteiger partial charge is 0.394 e. The Bertz CT molecular complexity index is 407. The van der Waals surface area contributed by atoms with Crippen molar-refractivity contribution in [2.45, 2.75) is 31.9 Å². The maximum Gasteiger partial charge on any atom is 0.249 e. The zero-order valence-corrected chi connectivity index (χ0v) is 11.2. The van der Waals surface area contributed by atoms with E-state index in [9.17, 15) is 9.90 Å². The van der Waals surface area contributed by atoms with Gasteiger partial charge in [0, 0.05) is 6.61 Å². The Morgan fingerprint density at radius 2 is 2.21 bits per heavy atom. The predicted octanol–water partition coefficient (Wildman–Crippen LogP) is 1.13. The third-order valence-corrected chi connectivity index (χ3v) is 3.54. The van der Waals surface area contributed by atoms with Gasteiger partial charge in [-0.15, -0.1) is 0 Å². The van der Waals surface area contributed by atoms with E-state index in [0.29, 0.717) is 13.0 Å². The zero-order chi connectivity index (χ0) is 13.7. The SMILES string of the molecule is CC1CCOC1C(=O)N[C@@H](CO)Cc1ccccc1. The van der Waals surface area contributed by atoms with Gasteiger partial charge in [-0.1, -0.05) is 37.3 Å². The number of nitrogens with one attached hydrogen (secondary N) is 1. The van der Waals surface area contributed by atoms with Crippen molar-refractivity contribution in [2.24, 2.45) is 5.92 Å². The third-order valence-electron chi connectivity index (χ3n) is 3.54. The lowest BCUT2D eigenvalue weighted by Crippen LogP contribution is -2.45. The highest BCUT2D eigenvalue weighted by molar-refractivity contribution is 5.81. The Balaban J connectivity index is 1.90. The Hall–Kier alpha value is -1.39. The number of hydrogen-bond donors (Lipinski definition) is 2. The van der Waals surface area contributed by atoms with Crippen molar-refractivity contribution < 1.29 is 14.6 Å². The topological polar surface area (TPSA) is 58.6 Å². The number of rotatable bonds is 5. The summed E-state index contributed by atoms with van der Waals surface area (Å²) in [5.74, 6) is 0.135. The number of ether oxygens (including phenoxy) is 1. The van der Waals surface area contributed by atoms with Crippen molar-refractivity contribution in [1.82, 2.24) is 5.32 Å². The van der Waals surface area contributed by atoms with Gasteiger partial charge in [0.2, 0.25) is 5.91 Å². The molecule has 19 heavy (non-hydrogen) atoms. The van der Waals surface area contributed by atoms with Crippen molar-refractivity contribution >= 4 is 5.91 Å². The second-order valence-corrected chi connectivity index (χ2v) is 5.14. The van der Waals surface area contributed by atoms with Crippen LogP contribution >= 0.6 is 0 Å². The average Bonchev–Trinajstić information content (AvgIpc) is 2.85. The molecule has 0 bridgehead atoms. The molecule has 0 spiro atoms. The van der Waals surface area contributed by atoms with E-state index in [1.165, 1.54) is 0 Å². The van der Waals surface area contributed by atoms with E-state index in [0.717, 1.165) is 12.0 Å². The van der Waals surface area contributed by atoms with E-state index in [4.69, 9.17) is 4.74 Å². The van der Waals surface area contributed by atoms with Crippen LogP contribution in [0.25, 0.3) is 0 Å². The Labute approximate surface area is 113 Å². The fourth-order valence-electron chi connectivity index (χ4n) is 2.37. The highest BCUT2D eigenvalue weighted by Gasteiger charge is 2.31. The molecule has 0 aromatic heterocycles. The van der Waals surface area contributed by atoms with Crippen LogP contribution in [-0.4, -0.2) is 36.4 Å². The van der Waals surface area contributed by atoms with E-state index in [-0.39, 0.29) is 30.6 Å². The van der Waals surface area contributed by atoms with Crippen molar-refractivity contribution in [1.29, 1.82) is 0 Å². The van der Waals surface area contributed by atoms with Gasteiger partial charge in [-0.2, -0.15) is 0 Å². The smallest absolute Gasteiger partial charge is 0.249 e. The van der Waals surface area contributed by atoms with Gasteiger partial charge in [0.05, 0.1) is 12.6 Å². The normalized spacial score (nSPS) is 24.1. The van der Waals surface area contributed by atoms with Crippen LogP contribution in [0.2, 0.25) is 0 Å². The first-order valence-corrected chi connectivity index (χ1v) is 6.77. The number of aliphatic hydroxyl groups is 1. The average molecular weight is 263 g/mol. The second-order valence-electron chi connectivity index (χ2n) is 5.14. The van der Waals surface area contributed by atoms with Crippen LogP contribution in [0.15, 0.2) is 30.3 Å². The molecular formula is C15H21NO3. The fourth-order valence-corrected chi connectivity index (χ4v) is 2.37. The summed E-state index contributed by atoms with van der Waals surface area (Å²) in [6, 6.07) is 9.57. The number of amides is 1. The van der Waals surface area contributed by atoms with Crippen molar-refractivity contribution in [3.8, 4) is 0 Å². The molecule has 0 aliphatic carbocycles. The first kappa shape index (κ1) is 14.0. The van der Waals surface area contributed by atoms with Crippen LogP contribution in [0, 0.1) is 5.92 Å². The molecule has 4 nitrogen and oxygen atoms in total. The van der Waals surface area contributed by atoms with Crippen LogP contribution in [0.1, 0.15) is 18.9 Å². The summed E-state index contributed by atoms with van der Waals surface area (Å²) < 4.78 is 5.43. The quantitative estimate of drug-likeness (QED) is 0.837. The molecule has 1 saturated heterocycles. The minimum Gasteiger partial charge on any atom is -0.394 e. The summed E-state index contributed by atoms with van der Waals surface area (Å²) >= 11 is 0. The molecule has 3 atom stereocenters. The van der Waals surface area contributed by atoms with Gasteiger partial charge in [0.25, 0.3) is 0 Å². The monoisotopic (exact) mass is 263 g/mol. The summed E-state index contributed by atoms with van der Waals surface area (Å²) in [4.78, 5) is 12.1. The van der Waals surface area contributed by atoms with Crippen molar-refractivity contribution in [3.63, 3.8) is 0 Å². The van der Waals surface area contributed by atoms with Gasteiger partial charge >= 0.3 is 0 Å². The summed E-state index contributed by atoms with van der Waals surface area (Å²) in [6.07, 6.45) is 1.18. The van der Waals surface area contributed by atoms with Crippen LogP contribution in [0.3, 0.4) is 0 Å². The molecule has 104 valence electrons. The van der Waals surface area contributed by atoms with Gasteiger partial charge in [-0.3, -0.25) is 4.79 Å². The van der Waals surface area contributed by atoms with Crippen LogP contribution < -0.4 is 5.32 Å². The van der Waals surface area contributed by atoms with Crippen molar-refractivity contribution in [2.75, 3.05) is 13.2 Å². The minimum absolute atomic E-state index is 0.0677. The van der Waals surface area contributed by atoms with E-state index in [2.05, 4.69) is 5.32 Å². The Kier molecular flexibility index (Phi) is 4.93. The maximum absolute atomic E-state index is 12.1. The maximum atomic E-state index is 12.1. The molecule has 1 aromatic rings. The highest BCUT2D eigenvalue weighted by Crippen LogP contribution is 2.20. The molecule has 2 unspecified atom stereocenters. The molecule has 2 rings (SSSR count). The number of carbonyl (C=O) groups is 1. The molecule has 0 saturated carbocycles. The van der Waals surface area contributed by atoms with Crippen LogP contribution in [-0.2, 0) is 16.0 Å². The summed E-state index contributed by atoms with van der Waals surface area (Å²) in [5, 5.41) is 12.3. The molecule has 1 aromatic carbocycles. The molecule has 1 heterocycles. The zero-order valence-electron chi connectivity index (χ0n) is 11.2. The first-order valence-electron chi connectivity index (χ1n) is 6.77. The van der Waals surface area contributed by atoms with E-state index < -0.39 is 0 Å². The van der Waals surface area contributed by atoms with Gasteiger partial charge in [-0.05, 0) is 24.3 Å². The Morgan fingerprint density at radius 3 is 2.79 bits per heavy atom. The van der Waals surface area contributed by atoms with E-state index >= 15 is 0 Å². The molecule has 4 heteroatoms. The van der Waals surface area contributed by atoms with Crippen LogP contribution in [0.5, 0.6) is 0 Å². The van der Waals surface area contributed by atoms with E-state index in [1.54, 1.807) is 0 Å². The van der Waals surface area contributed by atoms with Gasteiger partial charge in [0.1, 0.15) is 6.10 Å². The molecule has 1 aliphatic rings. The van der Waals surface area contributed by atoms with Crippen molar-refractivity contribution in [3.05, 3.63) is 35.9 Å². The molecule has 1 fully saturated rings. The number of benzene rings is 1.